The normalized spacial score (nSPS) is 14.0. The Morgan fingerprint density at radius 1 is 1.27 bits per heavy atom. The lowest BCUT2D eigenvalue weighted by Crippen LogP contribution is -2.46. The fraction of sp³-hybridized carbons (Fsp3) is 0.588. The molecule has 1 rings (SSSR count). The fourth-order valence-electron chi connectivity index (χ4n) is 2.36. The first-order chi connectivity index (χ1) is 10.3. The summed E-state index contributed by atoms with van der Waals surface area (Å²) in [5.74, 6) is -0.217. The van der Waals surface area contributed by atoms with Crippen molar-refractivity contribution >= 4 is 5.91 Å². The Morgan fingerprint density at radius 3 is 2.36 bits per heavy atom. The Hall–Kier alpha value is -1.46. The fourth-order valence-corrected chi connectivity index (χ4v) is 2.36. The zero-order chi connectivity index (χ0) is 16.7. The Labute approximate surface area is 132 Å². The molecule has 0 aliphatic carbocycles. The Bertz CT molecular complexity index is 462. The number of halogens is 1. The van der Waals surface area contributed by atoms with Gasteiger partial charge in [0.05, 0.1) is 18.7 Å². The van der Waals surface area contributed by atoms with Gasteiger partial charge in [-0.1, -0.05) is 39.3 Å². The van der Waals surface area contributed by atoms with Crippen LogP contribution in [0.15, 0.2) is 24.3 Å². The predicted octanol–water partition coefficient (Wildman–Crippen LogP) is 2.47. The van der Waals surface area contributed by atoms with Gasteiger partial charge in [-0.15, -0.1) is 0 Å². The molecular weight excluding hydrogens is 283 g/mol. The molecular formula is C17H27FN2O2. The maximum Gasteiger partial charge on any atom is 0.239 e. The van der Waals surface area contributed by atoms with E-state index in [9.17, 15) is 14.3 Å². The van der Waals surface area contributed by atoms with Crippen LogP contribution in [0.1, 0.15) is 45.3 Å². The first-order valence-electron chi connectivity index (χ1n) is 7.83. The van der Waals surface area contributed by atoms with Gasteiger partial charge in [-0.3, -0.25) is 4.79 Å². The van der Waals surface area contributed by atoms with Crippen LogP contribution in [0.3, 0.4) is 0 Å². The number of nitrogens with zero attached hydrogens (tertiary/aromatic N) is 1. The number of rotatable bonds is 8. The molecule has 0 heterocycles. The van der Waals surface area contributed by atoms with Crippen molar-refractivity contribution in [1.82, 2.24) is 4.90 Å². The molecule has 4 nitrogen and oxygen atoms in total. The number of carbonyl (C=O) groups excluding carboxylic acids is 1. The van der Waals surface area contributed by atoms with E-state index in [1.54, 1.807) is 4.90 Å². The van der Waals surface area contributed by atoms with E-state index in [1.807, 2.05) is 20.8 Å². The Morgan fingerprint density at radius 2 is 1.86 bits per heavy atom. The van der Waals surface area contributed by atoms with Crippen LogP contribution in [0.25, 0.3) is 0 Å². The lowest BCUT2D eigenvalue weighted by molar-refractivity contribution is -0.134. The maximum atomic E-state index is 12.9. The van der Waals surface area contributed by atoms with Crippen LogP contribution in [-0.2, 0) is 4.79 Å². The molecule has 0 bridgehead atoms. The third-order valence-electron chi connectivity index (χ3n) is 3.46. The summed E-state index contributed by atoms with van der Waals surface area (Å²) in [5, 5.41) is 10.3. The standard InChI is InChI=1S/C17H27FN2O2/c1-4-5-15(19)17(22)20(10-12(2)3)11-16(21)13-6-8-14(18)9-7-13/h6-9,12,15-16,21H,4-5,10-11,19H2,1-3H3. The zero-order valence-corrected chi connectivity index (χ0v) is 13.6. The minimum Gasteiger partial charge on any atom is -0.387 e. The molecule has 124 valence electrons. The molecule has 1 amide bonds. The third-order valence-corrected chi connectivity index (χ3v) is 3.46. The van der Waals surface area contributed by atoms with Crippen molar-refractivity contribution in [2.24, 2.45) is 11.7 Å². The summed E-state index contributed by atoms with van der Waals surface area (Å²) in [6.45, 7) is 6.70. The predicted molar refractivity (Wildman–Crippen MR) is 85.7 cm³/mol. The molecule has 0 saturated carbocycles. The molecule has 3 N–H and O–H groups in total. The van der Waals surface area contributed by atoms with Gasteiger partial charge in [0.2, 0.25) is 5.91 Å². The number of nitrogens with two attached hydrogens (primary N) is 1. The van der Waals surface area contributed by atoms with Gasteiger partial charge in [0, 0.05) is 6.54 Å². The Balaban J connectivity index is 2.79. The molecule has 5 heteroatoms. The molecule has 2 unspecified atom stereocenters. The molecule has 0 spiro atoms. The third kappa shape index (κ3) is 5.73. The monoisotopic (exact) mass is 310 g/mol. The first kappa shape index (κ1) is 18.6. The number of aliphatic hydroxyl groups excluding tert-OH is 1. The van der Waals surface area contributed by atoms with Crippen LogP contribution in [-0.4, -0.2) is 35.0 Å². The lowest BCUT2D eigenvalue weighted by Gasteiger charge is -2.29. The molecule has 0 aliphatic rings. The Kier molecular flexibility index (Phi) is 7.48. The molecule has 0 radical (unpaired) electrons. The highest BCUT2D eigenvalue weighted by Gasteiger charge is 2.24. The SMILES string of the molecule is CCCC(N)C(=O)N(CC(C)C)CC(O)c1ccc(F)cc1. The second kappa shape index (κ2) is 8.86. The minimum atomic E-state index is -0.850. The molecule has 0 aliphatic heterocycles. The molecule has 0 saturated heterocycles. The van der Waals surface area contributed by atoms with Crippen LogP contribution in [0, 0.1) is 11.7 Å². The molecule has 0 aromatic heterocycles. The summed E-state index contributed by atoms with van der Waals surface area (Å²) in [7, 11) is 0. The first-order valence-corrected chi connectivity index (χ1v) is 7.83. The average molecular weight is 310 g/mol. The van der Waals surface area contributed by atoms with Crippen LogP contribution in [0.5, 0.6) is 0 Å². The number of carbonyl (C=O) groups is 1. The maximum absolute atomic E-state index is 12.9. The second-order valence-electron chi connectivity index (χ2n) is 6.10. The summed E-state index contributed by atoms with van der Waals surface area (Å²) in [4.78, 5) is 14.0. The van der Waals surface area contributed by atoms with Crippen molar-refractivity contribution in [1.29, 1.82) is 0 Å². The van der Waals surface area contributed by atoms with Gasteiger partial charge in [0.25, 0.3) is 0 Å². The van der Waals surface area contributed by atoms with Gasteiger partial charge >= 0.3 is 0 Å². The quantitative estimate of drug-likeness (QED) is 0.775. The van der Waals surface area contributed by atoms with Crippen molar-refractivity contribution in [2.75, 3.05) is 13.1 Å². The van der Waals surface area contributed by atoms with Crippen LogP contribution >= 0.6 is 0 Å². The van der Waals surface area contributed by atoms with E-state index < -0.39 is 12.1 Å². The average Bonchev–Trinajstić information content (AvgIpc) is 2.46. The summed E-state index contributed by atoms with van der Waals surface area (Å²) >= 11 is 0. The van der Waals surface area contributed by atoms with E-state index in [0.717, 1.165) is 6.42 Å². The molecule has 2 atom stereocenters. The van der Waals surface area contributed by atoms with Crippen molar-refractivity contribution < 1.29 is 14.3 Å². The van der Waals surface area contributed by atoms with E-state index in [0.29, 0.717) is 18.5 Å². The number of hydrogen-bond donors (Lipinski definition) is 2. The van der Waals surface area contributed by atoms with Crippen LogP contribution in [0.2, 0.25) is 0 Å². The zero-order valence-electron chi connectivity index (χ0n) is 13.6. The number of benzene rings is 1. The van der Waals surface area contributed by atoms with E-state index in [4.69, 9.17) is 5.73 Å². The van der Waals surface area contributed by atoms with Crippen molar-refractivity contribution in [3.05, 3.63) is 35.6 Å². The van der Waals surface area contributed by atoms with E-state index in [1.165, 1.54) is 24.3 Å². The van der Waals surface area contributed by atoms with Crippen LogP contribution < -0.4 is 5.73 Å². The summed E-state index contributed by atoms with van der Waals surface area (Å²) < 4.78 is 12.9. The second-order valence-corrected chi connectivity index (χ2v) is 6.10. The van der Waals surface area contributed by atoms with Crippen molar-refractivity contribution in [3.63, 3.8) is 0 Å². The molecule has 1 aromatic rings. The van der Waals surface area contributed by atoms with Gasteiger partial charge in [0.15, 0.2) is 0 Å². The summed E-state index contributed by atoms with van der Waals surface area (Å²) in [6, 6.07) is 5.13. The highest BCUT2D eigenvalue weighted by Crippen LogP contribution is 2.16. The van der Waals surface area contributed by atoms with Gasteiger partial charge < -0.3 is 15.7 Å². The number of hydrogen-bond acceptors (Lipinski definition) is 3. The minimum absolute atomic E-state index is 0.142. The van der Waals surface area contributed by atoms with E-state index in [-0.39, 0.29) is 24.2 Å². The summed E-state index contributed by atoms with van der Waals surface area (Å²) in [5.41, 5.74) is 6.51. The van der Waals surface area contributed by atoms with Gasteiger partial charge in [-0.2, -0.15) is 0 Å². The van der Waals surface area contributed by atoms with E-state index in [2.05, 4.69) is 0 Å². The molecule has 22 heavy (non-hydrogen) atoms. The summed E-state index contributed by atoms with van der Waals surface area (Å²) in [6.07, 6.45) is 0.611. The number of amides is 1. The topological polar surface area (TPSA) is 66.6 Å². The van der Waals surface area contributed by atoms with Crippen molar-refractivity contribution in [2.45, 2.75) is 45.8 Å². The van der Waals surface area contributed by atoms with Gasteiger partial charge in [-0.25, -0.2) is 4.39 Å². The smallest absolute Gasteiger partial charge is 0.239 e. The molecule has 0 fully saturated rings. The number of aliphatic hydroxyl groups is 1. The highest BCUT2D eigenvalue weighted by atomic mass is 19.1. The van der Waals surface area contributed by atoms with Crippen molar-refractivity contribution in [3.8, 4) is 0 Å². The highest BCUT2D eigenvalue weighted by molar-refractivity contribution is 5.81. The van der Waals surface area contributed by atoms with E-state index >= 15 is 0 Å². The largest absolute Gasteiger partial charge is 0.387 e. The molecule has 1 aromatic carbocycles. The lowest BCUT2D eigenvalue weighted by atomic mass is 10.1. The van der Waals surface area contributed by atoms with Gasteiger partial charge in [0.1, 0.15) is 5.82 Å². The van der Waals surface area contributed by atoms with Gasteiger partial charge in [-0.05, 0) is 30.0 Å². The van der Waals surface area contributed by atoms with Crippen LogP contribution in [0.4, 0.5) is 4.39 Å².